The number of hydrogen-bond donors (Lipinski definition) is 1. The van der Waals surface area contributed by atoms with Gasteiger partial charge in [0.1, 0.15) is 0 Å². The Kier molecular flexibility index (Phi) is 3.27. The molecule has 1 aliphatic carbocycles. The third-order valence-corrected chi connectivity index (χ3v) is 4.63. The van der Waals surface area contributed by atoms with Gasteiger partial charge in [0.05, 0.1) is 4.92 Å². The lowest BCUT2D eigenvalue weighted by atomic mass is 9.71. The van der Waals surface area contributed by atoms with Gasteiger partial charge in [-0.15, -0.1) is 0 Å². The van der Waals surface area contributed by atoms with Crippen LogP contribution in [0.1, 0.15) is 49.4 Å². The van der Waals surface area contributed by atoms with Crippen molar-refractivity contribution in [1.29, 1.82) is 0 Å². The van der Waals surface area contributed by atoms with Crippen molar-refractivity contribution in [2.24, 2.45) is 5.41 Å². The molecule has 5 heteroatoms. The summed E-state index contributed by atoms with van der Waals surface area (Å²) < 4.78 is 0. The minimum absolute atomic E-state index is 0.0185. The van der Waals surface area contributed by atoms with Crippen LogP contribution in [0.2, 0.25) is 0 Å². The van der Waals surface area contributed by atoms with E-state index in [0.717, 1.165) is 31.2 Å². The van der Waals surface area contributed by atoms with Crippen LogP contribution in [0.5, 0.6) is 0 Å². The molecule has 0 atom stereocenters. The van der Waals surface area contributed by atoms with Crippen LogP contribution >= 0.6 is 0 Å². The van der Waals surface area contributed by atoms with Gasteiger partial charge < -0.3 is 4.98 Å². The molecule has 5 nitrogen and oxygen atoms in total. The number of Topliss-reactive ketones (excluding diaryl/α,β-unsaturated/α-hetero) is 1. The number of carbonyl (C=O) groups excluding carboxylic acids is 1. The van der Waals surface area contributed by atoms with Gasteiger partial charge in [-0.1, -0.05) is 26.2 Å². The first-order chi connectivity index (χ1) is 10.0. The van der Waals surface area contributed by atoms with Crippen LogP contribution in [0, 0.1) is 15.5 Å². The standard InChI is InChI=1S/C16H18N2O3/c1-16(7-3-2-4-8-16)15(19)13-10-17-14-6-5-11(18(20)21)9-12(13)14/h5-6,9-10,17H,2-4,7-8H2,1H3. The third kappa shape index (κ3) is 2.33. The molecular weight excluding hydrogens is 268 g/mol. The zero-order valence-corrected chi connectivity index (χ0v) is 12.0. The summed E-state index contributed by atoms with van der Waals surface area (Å²) in [5.41, 5.74) is 1.03. The number of hydrogen-bond acceptors (Lipinski definition) is 3. The van der Waals surface area contributed by atoms with E-state index in [1.165, 1.54) is 18.6 Å². The van der Waals surface area contributed by atoms with Crippen molar-refractivity contribution in [3.8, 4) is 0 Å². The SMILES string of the molecule is CC1(C(=O)c2c[nH]c3ccc([N+](=O)[O-])cc23)CCCCC1. The molecule has 1 heterocycles. The summed E-state index contributed by atoms with van der Waals surface area (Å²) in [7, 11) is 0. The Morgan fingerprint density at radius 2 is 2.00 bits per heavy atom. The van der Waals surface area contributed by atoms with Gasteiger partial charge in [0.15, 0.2) is 5.78 Å². The molecule has 1 fully saturated rings. The molecule has 0 unspecified atom stereocenters. The molecule has 1 saturated carbocycles. The number of aromatic amines is 1. The number of nitrogens with zero attached hydrogens (tertiary/aromatic N) is 1. The van der Waals surface area contributed by atoms with Crippen molar-refractivity contribution in [1.82, 2.24) is 4.98 Å². The number of fused-ring (bicyclic) bond motifs is 1. The number of ketones is 1. The smallest absolute Gasteiger partial charge is 0.270 e. The molecule has 0 spiro atoms. The molecule has 1 aromatic carbocycles. The van der Waals surface area contributed by atoms with Crippen LogP contribution < -0.4 is 0 Å². The molecule has 21 heavy (non-hydrogen) atoms. The van der Waals surface area contributed by atoms with Crippen LogP contribution in [0.25, 0.3) is 10.9 Å². The van der Waals surface area contributed by atoms with Gasteiger partial charge in [-0.25, -0.2) is 0 Å². The lowest BCUT2D eigenvalue weighted by molar-refractivity contribution is -0.384. The Morgan fingerprint density at radius 3 is 2.67 bits per heavy atom. The fraction of sp³-hybridized carbons (Fsp3) is 0.438. The third-order valence-electron chi connectivity index (χ3n) is 4.63. The molecule has 0 radical (unpaired) electrons. The summed E-state index contributed by atoms with van der Waals surface area (Å²) in [4.78, 5) is 26.4. The first-order valence-corrected chi connectivity index (χ1v) is 7.32. The second-order valence-electron chi connectivity index (χ2n) is 6.14. The van der Waals surface area contributed by atoms with Crippen LogP contribution in [0.3, 0.4) is 0 Å². The van der Waals surface area contributed by atoms with Crippen LogP contribution in [-0.4, -0.2) is 15.7 Å². The largest absolute Gasteiger partial charge is 0.360 e. The number of nitro groups is 1. The normalized spacial score (nSPS) is 17.8. The average molecular weight is 286 g/mol. The van der Waals surface area contributed by atoms with E-state index in [-0.39, 0.29) is 16.9 Å². The molecule has 1 aromatic heterocycles. The van der Waals surface area contributed by atoms with E-state index in [0.29, 0.717) is 10.9 Å². The number of nitro benzene ring substituents is 1. The lowest BCUT2D eigenvalue weighted by Crippen LogP contribution is -2.30. The highest BCUT2D eigenvalue weighted by Gasteiger charge is 2.36. The van der Waals surface area contributed by atoms with Gasteiger partial charge in [0.2, 0.25) is 0 Å². The van der Waals surface area contributed by atoms with E-state index >= 15 is 0 Å². The Bertz CT molecular complexity index is 711. The molecule has 0 saturated heterocycles. The fourth-order valence-electron chi connectivity index (χ4n) is 3.29. The maximum Gasteiger partial charge on any atom is 0.270 e. The molecule has 1 N–H and O–H groups in total. The van der Waals surface area contributed by atoms with E-state index in [4.69, 9.17) is 0 Å². The Balaban J connectivity index is 2.05. The van der Waals surface area contributed by atoms with Gasteiger partial charge in [0.25, 0.3) is 5.69 Å². The zero-order valence-electron chi connectivity index (χ0n) is 12.0. The Labute approximate surface area is 122 Å². The molecule has 110 valence electrons. The Morgan fingerprint density at radius 1 is 1.29 bits per heavy atom. The predicted molar refractivity (Wildman–Crippen MR) is 80.5 cm³/mol. The number of non-ortho nitro benzene ring substituents is 1. The van der Waals surface area contributed by atoms with Gasteiger partial charge in [-0.2, -0.15) is 0 Å². The molecule has 0 aliphatic heterocycles. The summed E-state index contributed by atoms with van der Waals surface area (Å²) >= 11 is 0. The van der Waals surface area contributed by atoms with Crippen molar-refractivity contribution in [3.63, 3.8) is 0 Å². The fourth-order valence-corrected chi connectivity index (χ4v) is 3.29. The summed E-state index contributed by atoms with van der Waals surface area (Å²) in [6, 6.07) is 4.61. The Hall–Kier alpha value is -2.17. The summed E-state index contributed by atoms with van der Waals surface area (Å²) in [5.74, 6) is 0.106. The first-order valence-electron chi connectivity index (χ1n) is 7.32. The highest BCUT2D eigenvalue weighted by atomic mass is 16.6. The average Bonchev–Trinajstić information content (AvgIpc) is 2.90. The van der Waals surface area contributed by atoms with Gasteiger partial charge in [-0.3, -0.25) is 14.9 Å². The van der Waals surface area contributed by atoms with Gasteiger partial charge >= 0.3 is 0 Å². The molecule has 3 rings (SSSR count). The summed E-state index contributed by atoms with van der Waals surface area (Å²) in [6.07, 6.45) is 6.81. The van der Waals surface area contributed by atoms with Crippen molar-refractivity contribution in [2.75, 3.05) is 0 Å². The minimum Gasteiger partial charge on any atom is -0.360 e. The van der Waals surface area contributed by atoms with Crippen LogP contribution in [0.15, 0.2) is 24.4 Å². The van der Waals surface area contributed by atoms with Crippen LogP contribution in [0.4, 0.5) is 5.69 Å². The zero-order chi connectivity index (χ0) is 15.0. The van der Waals surface area contributed by atoms with Gasteiger partial charge in [-0.05, 0) is 18.9 Å². The van der Waals surface area contributed by atoms with E-state index in [1.54, 1.807) is 12.3 Å². The van der Waals surface area contributed by atoms with E-state index in [2.05, 4.69) is 4.98 Å². The monoisotopic (exact) mass is 286 g/mol. The minimum atomic E-state index is -0.428. The van der Waals surface area contributed by atoms with E-state index in [9.17, 15) is 14.9 Å². The maximum atomic E-state index is 12.9. The number of rotatable bonds is 3. The topological polar surface area (TPSA) is 76.0 Å². The maximum absolute atomic E-state index is 12.9. The highest BCUT2D eigenvalue weighted by Crippen LogP contribution is 2.40. The summed E-state index contributed by atoms with van der Waals surface area (Å²) in [5, 5.41) is 11.6. The van der Waals surface area contributed by atoms with Crippen molar-refractivity contribution >= 4 is 22.4 Å². The van der Waals surface area contributed by atoms with E-state index in [1.807, 2.05) is 6.92 Å². The molecule has 2 aromatic rings. The van der Waals surface area contributed by atoms with Crippen molar-refractivity contribution < 1.29 is 9.72 Å². The second-order valence-corrected chi connectivity index (χ2v) is 6.14. The van der Waals surface area contributed by atoms with E-state index < -0.39 is 4.92 Å². The number of aromatic nitrogens is 1. The predicted octanol–water partition coefficient (Wildman–Crippen LogP) is 4.23. The molecule has 1 aliphatic rings. The molecular formula is C16H18N2O3. The summed E-state index contributed by atoms with van der Waals surface area (Å²) in [6.45, 7) is 2.02. The number of benzene rings is 1. The van der Waals surface area contributed by atoms with Crippen molar-refractivity contribution in [3.05, 3.63) is 40.1 Å². The number of H-pyrrole nitrogens is 1. The molecule has 0 bridgehead atoms. The quantitative estimate of drug-likeness (QED) is 0.521. The first kappa shape index (κ1) is 13.8. The highest BCUT2D eigenvalue weighted by molar-refractivity contribution is 6.10. The molecule has 0 amide bonds. The number of nitrogens with one attached hydrogen (secondary N) is 1. The second kappa shape index (κ2) is 4.98. The number of carbonyl (C=O) groups is 1. The van der Waals surface area contributed by atoms with Crippen molar-refractivity contribution in [2.45, 2.75) is 39.0 Å². The van der Waals surface area contributed by atoms with Crippen LogP contribution in [-0.2, 0) is 0 Å². The van der Waals surface area contributed by atoms with Gasteiger partial charge in [0, 0.05) is 40.2 Å². The lowest BCUT2D eigenvalue weighted by Gasteiger charge is -2.31.